The number of likely N-dealkylation sites (tertiary alicyclic amines) is 1. The maximum Gasteiger partial charge on any atom is 0.259 e. The third kappa shape index (κ3) is 3.65. The lowest BCUT2D eigenvalue weighted by Gasteiger charge is -2.33. The van der Waals surface area contributed by atoms with Gasteiger partial charge < -0.3 is 14.7 Å². The fraction of sp³-hybridized carbons (Fsp3) is 0.556. The van der Waals surface area contributed by atoms with Crippen molar-refractivity contribution in [3.8, 4) is 0 Å². The van der Waals surface area contributed by atoms with Crippen LogP contribution in [0.3, 0.4) is 0 Å². The lowest BCUT2D eigenvalue weighted by molar-refractivity contribution is 0.0670. The van der Waals surface area contributed by atoms with Gasteiger partial charge >= 0.3 is 0 Å². The summed E-state index contributed by atoms with van der Waals surface area (Å²) in [5.74, 6) is 1.84. The third-order valence-electron chi connectivity index (χ3n) is 4.78. The van der Waals surface area contributed by atoms with Gasteiger partial charge in [-0.2, -0.15) is 0 Å². The molecule has 3 rings (SSSR count). The summed E-state index contributed by atoms with van der Waals surface area (Å²) in [6, 6.07) is 0. The molecular formula is C18H25N5O2. The van der Waals surface area contributed by atoms with Gasteiger partial charge in [0.15, 0.2) is 0 Å². The van der Waals surface area contributed by atoms with Crippen molar-refractivity contribution in [3.63, 3.8) is 0 Å². The number of hydrogen-bond donors (Lipinski definition) is 1. The number of carbonyl (C=O) groups is 1. The van der Waals surface area contributed by atoms with Crippen LogP contribution in [0, 0.1) is 12.8 Å². The van der Waals surface area contributed by atoms with E-state index in [4.69, 9.17) is 4.52 Å². The zero-order valence-corrected chi connectivity index (χ0v) is 15.1. The van der Waals surface area contributed by atoms with Gasteiger partial charge in [0, 0.05) is 32.5 Å². The van der Waals surface area contributed by atoms with Crippen LogP contribution in [0.25, 0.3) is 0 Å². The van der Waals surface area contributed by atoms with Gasteiger partial charge in [0.25, 0.3) is 5.91 Å². The van der Waals surface area contributed by atoms with Gasteiger partial charge in [0.2, 0.25) is 0 Å². The summed E-state index contributed by atoms with van der Waals surface area (Å²) in [5, 5.41) is 7.10. The largest absolute Gasteiger partial charge is 0.372 e. The fourth-order valence-electron chi connectivity index (χ4n) is 3.51. The van der Waals surface area contributed by atoms with Gasteiger partial charge in [-0.15, -0.1) is 0 Å². The molecule has 1 atom stereocenters. The summed E-state index contributed by atoms with van der Waals surface area (Å²) in [7, 11) is 1.85. The second-order valence-corrected chi connectivity index (χ2v) is 6.48. The summed E-state index contributed by atoms with van der Waals surface area (Å²) in [5.41, 5.74) is 2.34. The Morgan fingerprint density at radius 3 is 2.92 bits per heavy atom. The smallest absolute Gasteiger partial charge is 0.259 e. The van der Waals surface area contributed by atoms with Crippen molar-refractivity contribution < 1.29 is 9.32 Å². The van der Waals surface area contributed by atoms with Crippen LogP contribution in [0.2, 0.25) is 0 Å². The highest BCUT2D eigenvalue weighted by Gasteiger charge is 2.29. The second-order valence-electron chi connectivity index (χ2n) is 6.48. The van der Waals surface area contributed by atoms with Crippen molar-refractivity contribution >= 4 is 11.7 Å². The van der Waals surface area contributed by atoms with Crippen molar-refractivity contribution in [2.45, 2.75) is 39.5 Å². The number of rotatable bonds is 5. The van der Waals surface area contributed by atoms with Gasteiger partial charge in [0.1, 0.15) is 17.1 Å². The molecule has 3 heterocycles. The first-order valence-corrected chi connectivity index (χ1v) is 8.86. The monoisotopic (exact) mass is 343 g/mol. The second kappa shape index (κ2) is 7.63. The first-order valence-electron chi connectivity index (χ1n) is 8.86. The number of nitrogens with one attached hydrogen (secondary N) is 1. The van der Waals surface area contributed by atoms with Gasteiger partial charge in [-0.1, -0.05) is 12.1 Å². The van der Waals surface area contributed by atoms with E-state index >= 15 is 0 Å². The van der Waals surface area contributed by atoms with Gasteiger partial charge in [0.05, 0.1) is 11.4 Å². The Labute approximate surface area is 147 Å². The van der Waals surface area contributed by atoms with Crippen LogP contribution in [-0.2, 0) is 12.8 Å². The predicted molar refractivity (Wildman–Crippen MR) is 94.5 cm³/mol. The molecule has 0 bridgehead atoms. The first-order chi connectivity index (χ1) is 12.1. The average Bonchev–Trinajstić information content (AvgIpc) is 3.02. The SMILES string of the molecule is CCc1noc(C)c1C(=O)N1CCC[C@H](Cc2nccnc2NC)C1. The highest BCUT2D eigenvalue weighted by Crippen LogP contribution is 2.25. The molecule has 1 N–H and O–H groups in total. The van der Waals surface area contributed by atoms with Crippen molar-refractivity contribution in [2.24, 2.45) is 5.92 Å². The van der Waals surface area contributed by atoms with Crippen molar-refractivity contribution in [2.75, 3.05) is 25.5 Å². The zero-order chi connectivity index (χ0) is 17.8. The molecule has 7 nitrogen and oxygen atoms in total. The number of anilines is 1. The van der Waals surface area contributed by atoms with E-state index in [-0.39, 0.29) is 5.91 Å². The average molecular weight is 343 g/mol. The normalized spacial score (nSPS) is 17.6. The van der Waals surface area contributed by atoms with Crippen LogP contribution in [0.5, 0.6) is 0 Å². The molecule has 1 fully saturated rings. The van der Waals surface area contributed by atoms with E-state index in [1.165, 1.54) is 0 Å². The van der Waals surface area contributed by atoms with E-state index < -0.39 is 0 Å². The van der Waals surface area contributed by atoms with Crippen LogP contribution in [-0.4, -0.2) is 46.1 Å². The Kier molecular flexibility index (Phi) is 5.31. The molecule has 25 heavy (non-hydrogen) atoms. The van der Waals surface area contributed by atoms with Crippen LogP contribution in [0.4, 0.5) is 5.82 Å². The number of nitrogens with zero attached hydrogens (tertiary/aromatic N) is 4. The molecule has 1 amide bonds. The molecule has 1 aliphatic heterocycles. The van der Waals surface area contributed by atoms with Crippen molar-refractivity contribution in [3.05, 3.63) is 35.1 Å². The number of amides is 1. The van der Waals surface area contributed by atoms with E-state index in [0.29, 0.717) is 23.7 Å². The van der Waals surface area contributed by atoms with Crippen molar-refractivity contribution in [1.29, 1.82) is 0 Å². The molecule has 1 aliphatic rings. The molecule has 2 aromatic heterocycles. The van der Waals surface area contributed by atoms with Crippen LogP contribution < -0.4 is 5.32 Å². The van der Waals surface area contributed by atoms with E-state index in [0.717, 1.165) is 49.6 Å². The topological polar surface area (TPSA) is 84.2 Å². The zero-order valence-electron chi connectivity index (χ0n) is 15.1. The molecule has 0 saturated carbocycles. The highest BCUT2D eigenvalue weighted by atomic mass is 16.5. The number of carbonyl (C=O) groups excluding carboxylic acids is 1. The summed E-state index contributed by atoms with van der Waals surface area (Å²) in [6.45, 7) is 5.30. The van der Waals surface area contributed by atoms with Gasteiger partial charge in [-0.25, -0.2) is 4.98 Å². The lowest BCUT2D eigenvalue weighted by atomic mass is 9.92. The molecule has 0 radical (unpaired) electrons. The number of piperidine rings is 1. The number of hydrogen-bond acceptors (Lipinski definition) is 6. The lowest BCUT2D eigenvalue weighted by Crippen LogP contribution is -2.41. The molecule has 7 heteroatoms. The molecule has 0 aliphatic carbocycles. The summed E-state index contributed by atoms with van der Waals surface area (Å²) >= 11 is 0. The van der Waals surface area contributed by atoms with Crippen LogP contribution in [0.1, 0.15) is 47.3 Å². The standard InChI is InChI=1S/C18H25N5O2/c1-4-14-16(12(2)25-22-14)18(24)23-9-5-6-13(11-23)10-15-17(19-3)21-8-7-20-15/h7-8,13H,4-6,9-11H2,1-3H3,(H,19,21)/t13-/m1/s1. The van der Waals surface area contributed by atoms with E-state index in [1.807, 2.05) is 18.9 Å². The predicted octanol–water partition coefficient (Wildman–Crippen LogP) is 2.47. The summed E-state index contributed by atoms with van der Waals surface area (Å²) < 4.78 is 5.23. The number of aryl methyl sites for hydroxylation is 2. The maximum atomic E-state index is 13.0. The summed E-state index contributed by atoms with van der Waals surface area (Å²) in [4.78, 5) is 23.7. The summed E-state index contributed by atoms with van der Waals surface area (Å²) in [6.07, 6.45) is 7.00. The minimum atomic E-state index is 0.0354. The molecule has 1 saturated heterocycles. The molecular weight excluding hydrogens is 318 g/mol. The van der Waals surface area contributed by atoms with Crippen LogP contribution >= 0.6 is 0 Å². The van der Waals surface area contributed by atoms with E-state index in [9.17, 15) is 4.79 Å². The minimum Gasteiger partial charge on any atom is -0.372 e. The van der Waals surface area contributed by atoms with E-state index in [2.05, 4.69) is 20.4 Å². The van der Waals surface area contributed by atoms with Gasteiger partial charge in [-0.05, 0) is 38.5 Å². The van der Waals surface area contributed by atoms with Gasteiger partial charge in [-0.3, -0.25) is 9.78 Å². The Morgan fingerprint density at radius 2 is 2.16 bits per heavy atom. The molecule has 0 spiro atoms. The Bertz CT molecular complexity index is 743. The molecule has 0 unspecified atom stereocenters. The molecule has 2 aromatic rings. The fourth-order valence-corrected chi connectivity index (χ4v) is 3.51. The van der Waals surface area contributed by atoms with Crippen molar-refractivity contribution in [1.82, 2.24) is 20.0 Å². The highest BCUT2D eigenvalue weighted by molar-refractivity contribution is 5.96. The number of aromatic nitrogens is 3. The van der Waals surface area contributed by atoms with Crippen LogP contribution in [0.15, 0.2) is 16.9 Å². The quantitative estimate of drug-likeness (QED) is 0.898. The Morgan fingerprint density at radius 1 is 1.36 bits per heavy atom. The first kappa shape index (κ1) is 17.4. The maximum absolute atomic E-state index is 13.0. The van der Waals surface area contributed by atoms with E-state index in [1.54, 1.807) is 19.3 Å². The Balaban J connectivity index is 1.72. The molecule has 134 valence electrons. The molecule has 0 aromatic carbocycles. The minimum absolute atomic E-state index is 0.0354. The third-order valence-corrected chi connectivity index (χ3v) is 4.78. The Hall–Kier alpha value is -2.44.